The van der Waals surface area contributed by atoms with E-state index in [1.165, 1.54) is 19.1 Å². The maximum Gasteiger partial charge on any atom is 0.180 e. The summed E-state index contributed by atoms with van der Waals surface area (Å²) in [6, 6.07) is 8.13. The van der Waals surface area contributed by atoms with Crippen LogP contribution >= 0.6 is 0 Å². The molecule has 0 spiro atoms. The molecule has 0 amide bonds. The Balaban J connectivity index is 2.96. The fourth-order valence-corrected chi connectivity index (χ4v) is 2.44. The Hall–Kier alpha value is -0.870. The van der Waals surface area contributed by atoms with E-state index >= 15 is 0 Å². The number of benzene rings is 1. The zero-order valence-electron chi connectivity index (χ0n) is 7.34. The molecule has 0 radical (unpaired) electrons. The largest absolute Gasteiger partial charge is 0.392 e. The number of sulfone groups is 1. The molecule has 0 heterocycles. The lowest BCUT2D eigenvalue weighted by molar-refractivity contribution is 0.218. The predicted octanol–water partition coefficient (Wildman–Crippen LogP) is 0.841. The Labute approximate surface area is 77.9 Å². The van der Waals surface area contributed by atoms with Gasteiger partial charge in [-0.2, -0.15) is 0 Å². The number of hydrogen-bond acceptors (Lipinski definition) is 3. The van der Waals surface area contributed by atoms with Crippen LogP contribution in [0.25, 0.3) is 0 Å². The van der Waals surface area contributed by atoms with E-state index in [2.05, 4.69) is 0 Å². The van der Waals surface area contributed by atoms with Crippen LogP contribution in [0.15, 0.2) is 35.2 Å². The minimum Gasteiger partial charge on any atom is -0.392 e. The summed E-state index contributed by atoms with van der Waals surface area (Å²) in [4.78, 5) is 0.260. The smallest absolute Gasteiger partial charge is 0.180 e. The molecule has 1 atom stereocenters. The molecule has 3 nitrogen and oxygen atoms in total. The molecule has 1 aromatic rings. The summed E-state index contributed by atoms with van der Waals surface area (Å²) in [7, 11) is -3.31. The van der Waals surface area contributed by atoms with Gasteiger partial charge >= 0.3 is 0 Å². The van der Waals surface area contributed by atoms with Crippen molar-refractivity contribution in [2.24, 2.45) is 0 Å². The van der Waals surface area contributed by atoms with Gasteiger partial charge in [0.1, 0.15) is 0 Å². The first-order valence-electron chi connectivity index (χ1n) is 3.98. The van der Waals surface area contributed by atoms with Gasteiger partial charge in [0.05, 0.1) is 16.8 Å². The predicted molar refractivity (Wildman–Crippen MR) is 50.2 cm³/mol. The highest BCUT2D eigenvalue weighted by Crippen LogP contribution is 2.10. The Morgan fingerprint density at radius 2 is 1.85 bits per heavy atom. The van der Waals surface area contributed by atoms with Crippen molar-refractivity contribution in [3.8, 4) is 0 Å². The van der Waals surface area contributed by atoms with E-state index < -0.39 is 15.9 Å². The van der Waals surface area contributed by atoms with Gasteiger partial charge in [0, 0.05) is 0 Å². The van der Waals surface area contributed by atoms with E-state index in [0.717, 1.165) is 0 Å². The average Bonchev–Trinajstić information content (AvgIpc) is 2.04. The molecule has 4 heteroatoms. The molecule has 0 aliphatic carbocycles. The van der Waals surface area contributed by atoms with Gasteiger partial charge in [0.25, 0.3) is 0 Å². The van der Waals surface area contributed by atoms with E-state index in [-0.39, 0.29) is 10.6 Å². The summed E-state index contributed by atoms with van der Waals surface area (Å²) < 4.78 is 23.0. The van der Waals surface area contributed by atoms with Crippen molar-refractivity contribution in [3.05, 3.63) is 30.3 Å². The molecule has 0 bridgehead atoms. The summed E-state index contributed by atoms with van der Waals surface area (Å²) >= 11 is 0. The summed E-state index contributed by atoms with van der Waals surface area (Å²) in [6.07, 6.45) is -0.829. The van der Waals surface area contributed by atoms with Crippen LogP contribution in [0, 0.1) is 0 Å². The molecule has 1 aromatic carbocycles. The topological polar surface area (TPSA) is 54.4 Å². The monoisotopic (exact) mass is 200 g/mol. The van der Waals surface area contributed by atoms with Crippen molar-refractivity contribution in [2.45, 2.75) is 17.9 Å². The third-order valence-corrected chi connectivity index (χ3v) is 3.47. The molecule has 1 N–H and O–H groups in total. The summed E-state index contributed by atoms with van der Waals surface area (Å²) in [5.41, 5.74) is 0. The normalized spacial score (nSPS) is 14.0. The highest BCUT2D eigenvalue weighted by atomic mass is 32.2. The lowest BCUT2D eigenvalue weighted by Gasteiger charge is -2.05. The number of rotatable bonds is 3. The molecule has 0 aromatic heterocycles. The van der Waals surface area contributed by atoms with E-state index in [0.29, 0.717) is 0 Å². The quantitative estimate of drug-likeness (QED) is 0.786. The molecule has 0 saturated heterocycles. The number of aliphatic hydroxyl groups is 1. The molecular weight excluding hydrogens is 188 g/mol. The van der Waals surface area contributed by atoms with Gasteiger partial charge in [0.2, 0.25) is 0 Å². The molecule has 0 fully saturated rings. The minimum absolute atomic E-state index is 0.225. The summed E-state index contributed by atoms with van der Waals surface area (Å²) in [5, 5.41) is 8.97. The second-order valence-corrected chi connectivity index (χ2v) is 4.98. The van der Waals surface area contributed by atoms with Gasteiger partial charge in [0.15, 0.2) is 9.84 Å². The van der Waals surface area contributed by atoms with E-state index in [9.17, 15) is 8.42 Å². The zero-order valence-corrected chi connectivity index (χ0v) is 8.16. The van der Waals surface area contributed by atoms with Crippen molar-refractivity contribution < 1.29 is 13.5 Å². The highest BCUT2D eigenvalue weighted by molar-refractivity contribution is 7.91. The Kier molecular flexibility index (Phi) is 3.06. The summed E-state index contributed by atoms with van der Waals surface area (Å²) in [5.74, 6) is -0.225. The fourth-order valence-electron chi connectivity index (χ4n) is 1.04. The lowest BCUT2D eigenvalue weighted by Crippen LogP contribution is -2.17. The molecule has 1 rings (SSSR count). The van der Waals surface area contributed by atoms with Crippen LogP contribution in [0.5, 0.6) is 0 Å². The molecule has 72 valence electrons. The first-order valence-corrected chi connectivity index (χ1v) is 5.63. The zero-order chi connectivity index (χ0) is 9.90. The fraction of sp³-hybridized carbons (Fsp3) is 0.333. The molecule has 0 aliphatic heterocycles. The van der Waals surface area contributed by atoms with Gasteiger partial charge in [-0.1, -0.05) is 18.2 Å². The standard InChI is InChI=1S/C9H12O3S/c1-8(10)7-13(11,12)9-5-3-2-4-6-9/h2-6,8,10H,7H2,1H3. The van der Waals surface area contributed by atoms with Gasteiger partial charge < -0.3 is 5.11 Å². The average molecular weight is 200 g/mol. The minimum atomic E-state index is -3.31. The second kappa shape index (κ2) is 3.89. The van der Waals surface area contributed by atoms with Crippen LogP contribution in [-0.4, -0.2) is 25.4 Å². The van der Waals surface area contributed by atoms with Crippen LogP contribution in [0.2, 0.25) is 0 Å². The maximum absolute atomic E-state index is 11.5. The molecule has 0 aliphatic rings. The van der Waals surface area contributed by atoms with Crippen LogP contribution in [0.1, 0.15) is 6.92 Å². The lowest BCUT2D eigenvalue weighted by atomic mass is 10.4. The van der Waals surface area contributed by atoms with Crippen molar-refractivity contribution in [3.63, 3.8) is 0 Å². The van der Waals surface area contributed by atoms with Crippen molar-refractivity contribution >= 4 is 9.84 Å². The Bertz CT molecular complexity index is 354. The number of aliphatic hydroxyl groups excluding tert-OH is 1. The van der Waals surface area contributed by atoms with E-state index in [1.807, 2.05) is 0 Å². The van der Waals surface area contributed by atoms with E-state index in [1.54, 1.807) is 18.2 Å². The van der Waals surface area contributed by atoms with Crippen LogP contribution < -0.4 is 0 Å². The molecular formula is C9H12O3S. The molecule has 13 heavy (non-hydrogen) atoms. The first-order chi connectivity index (χ1) is 6.02. The SMILES string of the molecule is CC(O)CS(=O)(=O)c1ccccc1. The van der Waals surface area contributed by atoms with Gasteiger partial charge in [-0.05, 0) is 19.1 Å². The van der Waals surface area contributed by atoms with Crippen LogP contribution in [0.4, 0.5) is 0 Å². The van der Waals surface area contributed by atoms with Crippen molar-refractivity contribution in [1.82, 2.24) is 0 Å². The van der Waals surface area contributed by atoms with Crippen molar-refractivity contribution in [2.75, 3.05) is 5.75 Å². The van der Waals surface area contributed by atoms with Gasteiger partial charge in [-0.15, -0.1) is 0 Å². The second-order valence-electron chi connectivity index (χ2n) is 2.94. The molecule has 1 unspecified atom stereocenters. The van der Waals surface area contributed by atoms with Crippen LogP contribution in [0.3, 0.4) is 0 Å². The third-order valence-electron chi connectivity index (χ3n) is 1.56. The Morgan fingerprint density at radius 1 is 1.31 bits per heavy atom. The molecule has 0 saturated carbocycles. The third kappa shape index (κ3) is 2.82. The van der Waals surface area contributed by atoms with E-state index in [4.69, 9.17) is 5.11 Å². The van der Waals surface area contributed by atoms with Gasteiger partial charge in [-0.25, -0.2) is 8.42 Å². The van der Waals surface area contributed by atoms with Crippen molar-refractivity contribution in [1.29, 1.82) is 0 Å². The highest BCUT2D eigenvalue weighted by Gasteiger charge is 2.15. The number of hydrogen-bond donors (Lipinski definition) is 1. The first kappa shape index (κ1) is 10.2. The summed E-state index contributed by atoms with van der Waals surface area (Å²) in [6.45, 7) is 1.46. The maximum atomic E-state index is 11.5. The Morgan fingerprint density at radius 3 is 2.31 bits per heavy atom. The van der Waals surface area contributed by atoms with Crippen LogP contribution in [-0.2, 0) is 9.84 Å². The van der Waals surface area contributed by atoms with Gasteiger partial charge in [-0.3, -0.25) is 0 Å².